The number of hydrogen-bond acceptors (Lipinski definition) is 6. The van der Waals surface area contributed by atoms with Gasteiger partial charge in [0.15, 0.2) is 5.16 Å². The van der Waals surface area contributed by atoms with Gasteiger partial charge in [0, 0.05) is 19.3 Å². The molecule has 0 aliphatic carbocycles. The Hall–Kier alpha value is -3.78. The quantitative estimate of drug-likeness (QED) is 0.368. The second-order valence-corrected chi connectivity index (χ2v) is 8.32. The highest BCUT2D eigenvalue weighted by Crippen LogP contribution is 2.27. The van der Waals surface area contributed by atoms with Crippen molar-refractivity contribution in [3.63, 3.8) is 0 Å². The fraction of sp³-hybridized carbons (Fsp3) is 0.160. The highest BCUT2D eigenvalue weighted by Gasteiger charge is 2.13. The highest BCUT2D eigenvalue weighted by atomic mass is 32.2. The number of nitrogens with zero attached hydrogens (tertiary/aromatic N) is 4. The zero-order valence-corrected chi connectivity index (χ0v) is 19.3. The van der Waals surface area contributed by atoms with Crippen LogP contribution < -0.4 is 15.0 Å². The molecule has 0 saturated heterocycles. The number of benzene rings is 3. The summed E-state index contributed by atoms with van der Waals surface area (Å²) in [5.74, 6) is 0.882. The lowest BCUT2D eigenvalue weighted by molar-refractivity contribution is -0.113. The second-order valence-electron chi connectivity index (χ2n) is 7.38. The molecule has 8 heteroatoms. The van der Waals surface area contributed by atoms with E-state index in [1.807, 2.05) is 78.3 Å². The molecule has 1 aromatic heterocycles. The van der Waals surface area contributed by atoms with Crippen molar-refractivity contribution < 1.29 is 9.53 Å². The summed E-state index contributed by atoms with van der Waals surface area (Å²) in [4.78, 5) is 14.9. The predicted octanol–water partition coefficient (Wildman–Crippen LogP) is 4.64. The van der Waals surface area contributed by atoms with Gasteiger partial charge in [-0.15, -0.1) is 10.2 Å². The summed E-state index contributed by atoms with van der Waals surface area (Å²) in [6.07, 6.45) is 1.63. The van der Waals surface area contributed by atoms with E-state index >= 15 is 0 Å². The minimum Gasteiger partial charge on any atom is -0.497 e. The van der Waals surface area contributed by atoms with Crippen LogP contribution in [0.2, 0.25) is 0 Å². The number of rotatable bonds is 9. The van der Waals surface area contributed by atoms with Gasteiger partial charge >= 0.3 is 0 Å². The average Bonchev–Trinajstić information content (AvgIpc) is 3.32. The second kappa shape index (κ2) is 10.7. The minimum atomic E-state index is -0.107. The molecule has 7 nitrogen and oxygen atoms in total. The normalized spacial score (nSPS) is 10.6. The van der Waals surface area contributed by atoms with Gasteiger partial charge in [0.2, 0.25) is 5.91 Å². The van der Waals surface area contributed by atoms with Gasteiger partial charge in [-0.1, -0.05) is 54.2 Å². The molecule has 33 heavy (non-hydrogen) atoms. The first-order valence-corrected chi connectivity index (χ1v) is 11.4. The lowest BCUT2D eigenvalue weighted by Crippen LogP contribution is -2.21. The molecule has 0 spiro atoms. The number of carbonyl (C=O) groups is 1. The van der Waals surface area contributed by atoms with Gasteiger partial charge in [-0.2, -0.15) is 0 Å². The van der Waals surface area contributed by atoms with Gasteiger partial charge in [0.1, 0.15) is 12.1 Å². The molecule has 0 unspecified atom stereocenters. The molecule has 0 bridgehead atoms. The maximum Gasteiger partial charge on any atom is 0.234 e. The van der Waals surface area contributed by atoms with E-state index in [1.165, 1.54) is 17.3 Å². The first kappa shape index (κ1) is 22.4. The van der Waals surface area contributed by atoms with Crippen molar-refractivity contribution >= 4 is 29.0 Å². The van der Waals surface area contributed by atoms with E-state index in [2.05, 4.69) is 32.5 Å². The SMILES string of the molecule is COc1ccc(-n2cnnc2SCC(=O)Nc2ccccc2N(C)Cc2ccccc2)cc1. The summed E-state index contributed by atoms with van der Waals surface area (Å²) < 4.78 is 7.06. The number of carbonyl (C=O) groups excluding carboxylic acids is 1. The molecule has 0 atom stereocenters. The van der Waals surface area contributed by atoms with Crippen LogP contribution in [0.4, 0.5) is 11.4 Å². The van der Waals surface area contributed by atoms with Crippen molar-refractivity contribution in [2.24, 2.45) is 0 Å². The number of ether oxygens (including phenoxy) is 1. The zero-order chi connectivity index (χ0) is 23.0. The Morgan fingerprint density at radius 2 is 1.76 bits per heavy atom. The van der Waals surface area contributed by atoms with Crippen LogP contribution in [0.15, 0.2) is 90.3 Å². The maximum absolute atomic E-state index is 12.7. The van der Waals surface area contributed by atoms with Crippen LogP contribution in [-0.2, 0) is 11.3 Å². The summed E-state index contributed by atoms with van der Waals surface area (Å²) in [7, 11) is 3.65. The van der Waals surface area contributed by atoms with E-state index in [0.29, 0.717) is 5.16 Å². The Balaban J connectivity index is 1.40. The lowest BCUT2D eigenvalue weighted by atomic mass is 10.2. The molecule has 0 aliphatic heterocycles. The number of anilines is 2. The topological polar surface area (TPSA) is 72.3 Å². The van der Waals surface area contributed by atoms with Crippen molar-refractivity contribution in [3.8, 4) is 11.4 Å². The Morgan fingerprint density at radius 3 is 2.52 bits per heavy atom. The molecule has 1 heterocycles. The van der Waals surface area contributed by atoms with Crippen LogP contribution in [0.1, 0.15) is 5.56 Å². The molecule has 0 fully saturated rings. The first-order chi connectivity index (χ1) is 16.1. The van der Waals surface area contributed by atoms with Crippen LogP contribution in [0, 0.1) is 0 Å². The molecule has 1 N–H and O–H groups in total. The Kier molecular flexibility index (Phi) is 7.26. The monoisotopic (exact) mass is 459 g/mol. The first-order valence-electron chi connectivity index (χ1n) is 10.5. The maximum atomic E-state index is 12.7. The van der Waals surface area contributed by atoms with E-state index < -0.39 is 0 Å². The van der Waals surface area contributed by atoms with Crippen molar-refractivity contribution in [1.29, 1.82) is 0 Å². The number of methoxy groups -OCH3 is 1. The van der Waals surface area contributed by atoms with E-state index in [9.17, 15) is 4.79 Å². The molecular formula is C25H25N5O2S. The number of nitrogens with one attached hydrogen (secondary N) is 1. The molecule has 4 rings (SSSR count). The summed E-state index contributed by atoms with van der Waals surface area (Å²) in [6, 6.07) is 25.6. The van der Waals surface area contributed by atoms with Gasteiger partial charge in [-0.05, 0) is 42.0 Å². The molecule has 1 amide bonds. The number of thioether (sulfide) groups is 1. The van der Waals surface area contributed by atoms with Crippen molar-refractivity contribution in [3.05, 3.63) is 90.8 Å². The fourth-order valence-corrected chi connectivity index (χ4v) is 4.14. The number of amides is 1. The van der Waals surface area contributed by atoms with Crippen LogP contribution in [0.5, 0.6) is 5.75 Å². The van der Waals surface area contributed by atoms with Crippen molar-refractivity contribution in [2.45, 2.75) is 11.7 Å². The van der Waals surface area contributed by atoms with Crippen LogP contribution in [-0.4, -0.2) is 40.6 Å². The van der Waals surface area contributed by atoms with Crippen LogP contribution >= 0.6 is 11.8 Å². The largest absolute Gasteiger partial charge is 0.497 e. The third-order valence-electron chi connectivity index (χ3n) is 5.05. The summed E-state index contributed by atoms with van der Waals surface area (Å²) in [6.45, 7) is 0.743. The number of hydrogen-bond donors (Lipinski definition) is 1. The van der Waals surface area contributed by atoms with Gasteiger partial charge < -0.3 is 15.0 Å². The van der Waals surface area contributed by atoms with E-state index in [0.717, 1.165) is 29.4 Å². The Morgan fingerprint density at radius 1 is 1.03 bits per heavy atom. The smallest absolute Gasteiger partial charge is 0.234 e. The molecule has 3 aromatic carbocycles. The van der Waals surface area contributed by atoms with E-state index in [1.54, 1.807) is 13.4 Å². The predicted molar refractivity (Wildman–Crippen MR) is 132 cm³/mol. The van der Waals surface area contributed by atoms with E-state index in [-0.39, 0.29) is 11.7 Å². The van der Waals surface area contributed by atoms with Gasteiger partial charge in [0.05, 0.1) is 24.2 Å². The molecular weight excluding hydrogens is 434 g/mol. The lowest BCUT2D eigenvalue weighted by Gasteiger charge is -2.22. The Labute approximate surface area is 197 Å². The molecule has 0 aliphatic rings. The number of aromatic nitrogens is 3. The summed E-state index contributed by atoms with van der Waals surface area (Å²) >= 11 is 1.34. The fourth-order valence-electron chi connectivity index (χ4n) is 3.41. The molecule has 168 valence electrons. The third kappa shape index (κ3) is 5.72. The Bertz CT molecular complexity index is 1190. The van der Waals surface area contributed by atoms with Crippen LogP contribution in [0.25, 0.3) is 5.69 Å². The minimum absolute atomic E-state index is 0.107. The summed E-state index contributed by atoms with van der Waals surface area (Å²) in [5.41, 5.74) is 3.84. The summed E-state index contributed by atoms with van der Waals surface area (Å²) in [5, 5.41) is 11.8. The highest BCUT2D eigenvalue weighted by molar-refractivity contribution is 7.99. The average molecular weight is 460 g/mol. The standard InChI is InChI=1S/C25H25N5O2S/c1-29(16-19-8-4-3-5-9-19)23-11-7-6-10-22(23)27-24(31)17-33-25-28-26-18-30(25)20-12-14-21(32-2)15-13-20/h3-15,18H,16-17H2,1-2H3,(H,27,31). The van der Waals surface area contributed by atoms with Crippen molar-refractivity contribution in [1.82, 2.24) is 14.8 Å². The van der Waals surface area contributed by atoms with Gasteiger partial charge in [-0.3, -0.25) is 9.36 Å². The van der Waals surface area contributed by atoms with Gasteiger partial charge in [-0.25, -0.2) is 0 Å². The van der Waals surface area contributed by atoms with Gasteiger partial charge in [0.25, 0.3) is 0 Å². The van der Waals surface area contributed by atoms with Crippen molar-refractivity contribution in [2.75, 3.05) is 30.1 Å². The molecule has 0 radical (unpaired) electrons. The van der Waals surface area contributed by atoms with E-state index in [4.69, 9.17) is 4.74 Å². The van der Waals surface area contributed by atoms with Crippen LogP contribution in [0.3, 0.4) is 0 Å². The molecule has 0 saturated carbocycles. The third-order valence-corrected chi connectivity index (χ3v) is 5.99. The molecule has 4 aromatic rings. The zero-order valence-electron chi connectivity index (χ0n) is 18.5. The number of para-hydroxylation sites is 2.